The minimum absolute atomic E-state index is 0.469. The predicted octanol–water partition coefficient (Wildman–Crippen LogP) is 3.36. The van der Waals surface area contributed by atoms with Gasteiger partial charge in [0.05, 0.1) is 16.4 Å². The molecule has 114 valence electrons. The van der Waals surface area contributed by atoms with Crippen LogP contribution in [0.15, 0.2) is 35.4 Å². The molecule has 0 aliphatic carbocycles. The van der Waals surface area contributed by atoms with Crippen LogP contribution >= 0.6 is 11.3 Å². The number of anilines is 1. The van der Waals surface area contributed by atoms with E-state index in [-0.39, 0.29) is 0 Å². The van der Waals surface area contributed by atoms with Crippen LogP contribution in [0.4, 0.5) is 18.9 Å². The van der Waals surface area contributed by atoms with E-state index in [1.165, 1.54) is 23.5 Å². The molecule has 0 spiro atoms. The highest BCUT2D eigenvalue weighted by Gasteiger charge is 2.46. The Morgan fingerprint density at radius 3 is 2.33 bits per heavy atom. The molecular weight excluding hydrogens is 325 g/mol. The fourth-order valence-corrected chi connectivity index (χ4v) is 3.06. The molecule has 0 fully saturated rings. The van der Waals surface area contributed by atoms with E-state index in [2.05, 4.69) is 10.3 Å². The van der Waals surface area contributed by atoms with E-state index in [9.17, 15) is 21.6 Å². The number of aryl methyl sites for hydroxylation is 1. The van der Waals surface area contributed by atoms with Crippen molar-refractivity contribution in [2.75, 3.05) is 5.32 Å². The van der Waals surface area contributed by atoms with Gasteiger partial charge < -0.3 is 5.32 Å². The lowest BCUT2D eigenvalue weighted by molar-refractivity contribution is -0.0436. The number of benzene rings is 1. The van der Waals surface area contributed by atoms with Crippen LogP contribution < -0.4 is 5.32 Å². The fourth-order valence-electron chi connectivity index (χ4n) is 1.56. The summed E-state index contributed by atoms with van der Waals surface area (Å²) in [5, 5.41) is 3.90. The van der Waals surface area contributed by atoms with Crippen molar-refractivity contribution in [3.63, 3.8) is 0 Å². The first-order valence-electron chi connectivity index (χ1n) is 5.77. The summed E-state index contributed by atoms with van der Waals surface area (Å²) >= 11 is 1.50. The van der Waals surface area contributed by atoms with Gasteiger partial charge in [-0.2, -0.15) is 13.2 Å². The van der Waals surface area contributed by atoms with Crippen molar-refractivity contribution in [3.05, 3.63) is 40.3 Å². The third-order valence-electron chi connectivity index (χ3n) is 2.61. The highest BCUT2D eigenvalue weighted by atomic mass is 32.2. The maximum atomic E-state index is 12.4. The molecule has 0 saturated carbocycles. The summed E-state index contributed by atoms with van der Waals surface area (Å²) in [5.41, 5.74) is -4.76. The number of nitrogens with one attached hydrogen (secondary N) is 1. The molecule has 0 unspecified atom stereocenters. The van der Waals surface area contributed by atoms with Crippen molar-refractivity contribution < 1.29 is 21.6 Å². The number of hydrogen-bond donors (Lipinski definition) is 1. The smallest absolute Gasteiger partial charge is 0.380 e. The van der Waals surface area contributed by atoms with Gasteiger partial charge in [0.1, 0.15) is 0 Å². The van der Waals surface area contributed by atoms with E-state index >= 15 is 0 Å². The van der Waals surface area contributed by atoms with Gasteiger partial charge in [-0.05, 0) is 31.2 Å². The maximum Gasteiger partial charge on any atom is 0.501 e. The average molecular weight is 336 g/mol. The first kappa shape index (κ1) is 15.8. The van der Waals surface area contributed by atoms with Crippen molar-refractivity contribution in [2.45, 2.75) is 23.9 Å². The lowest BCUT2D eigenvalue weighted by Crippen LogP contribution is -2.23. The van der Waals surface area contributed by atoms with Crippen LogP contribution in [0.1, 0.15) is 9.88 Å². The summed E-state index contributed by atoms with van der Waals surface area (Å²) < 4.78 is 59.5. The molecule has 0 aliphatic heterocycles. The molecule has 1 heterocycles. The normalized spacial score (nSPS) is 12.4. The van der Waals surface area contributed by atoms with Crippen molar-refractivity contribution in [1.29, 1.82) is 0 Å². The third-order valence-corrected chi connectivity index (χ3v) is 5.02. The zero-order chi connectivity index (χ0) is 15.7. The quantitative estimate of drug-likeness (QED) is 0.930. The topological polar surface area (TPSA) is 59.1 Å². The Kier molecular flexibility index (Phi) is 4.24. The van der Waals surface area contributed by atoms with Gasteiger partial charge in [-0.25, -0.2) is 13.4 Å². The molecule has 0 bridgehead atoms. The number of sulfone groups is 1. The first-order valence-corrected chi connectivity index (χ1v) is 8.07. The van der Waals surface area contributed by atoms with E-state index in [0.29, 0.717) is 12.2 Å². The number of halogens is 3. The molecule has 1 aromatic carbocycles. The highest BCUT2D eigenvalue weighted by Crippen LogP contribution is 2.30. The van der Waals surface area contributed by atoms with Crippen LogP contribution in [0.25, 0.3) is 0 Å². The Labute approximate surface area is 123 Å². The second-order valence-corrected chi connectivity index (χ2v) is 7.43. The Bertz CT molecular complexity index is 722. The van der Waals surface area contributed by atoms with E-state index in [1.807, 2.05) is 6.92 Å². The molecule has 21 heavy (non-hydrogen) atoms. The van der Waals surface area contributed by atoms with E-state index in [1.54, 1.807) is 6.20 Å². The molecule has 0 saturated heterocycles. The van der Waals surface area contributed by atoms with Gasteiger partial charge in [0.25, 0.3) is 9.84 Å². The summed E-state index contributed by atoms with van der Waals surface area (Å²) in [6, 6.07) is 4.46. The predicted molar refractivity (Wildman–Crippen MR) is 73.9 cm³/mol. The second kappa shape index (κ2) is 5.64. The molecule has 9 heteroatoms. The molecule has 0 radical (unpaired) electrons. The van der Waals surface area contributed by atoms with Crippen LogP contribution in [0.5, 0.6) is 0 Å². The van der Waals surface area contributed by atoms with Crippen molar-refractivity contribution in [2.24, 2.45) is 0 Å². The Morgan fingerprint density at radius 2 is 1.86 bits per heavy atom. The monoisotopic (exact) mass is 336 g/mol. The number of thiazole rings is 1. The largest absolute Gasteiger partial charge is 0.501 e. The standard InChI is InChI=1S/C12H11F3N2O2S2/c1-8-16-6-10(20-8)7-17-9-2-4-11(5-3-9)21(18,19)12(13,14)15/h2-6,17H,7H2,1H3. The van der Waals surface area contributed by atoms with Gasteiger partial charge >= 0.3 is 5.51 Å². The first-order chi connectivity index (χ1) is 9.70. The lowest BCUT2D eigenvalue weighted by Gasteiger charge is -2.09. The average Bonchev–Trinajstić information content (AvgIpc) is 2.81. The molecule has 0 atom stereocenters. The molecule has 1 N–H and O–H groups in total. The molecule has 1 aromatic heterocycles. The fraction of sp³-hybridized carbons (Fsp3) is 0.250. The molecular formula is C12H11F3N2O2S2. The van der Waals surface area contributed by atoms with Crippen LogP contribution in [0.3, 0.4) is 0 Å². The molecule has 2 rings (SSSR count). The number of rotatable bonds is 4. The van der Waals surface area contributed by atoms with E-state index < -0.39 is 20.2 Å². The molecule has 0 amide bonds. The van der Waals surface area contributed by atoms with Crippen molar-refractivity contribution in [1.82, 2.24) is 4.98 Å². The summed E-state index contributed by atoms with van der Waals surface area (Å²) in [5.74, 6) is 0. The Hall–Kier alpha value is -1.61. The van der Waals surface area contributed by atoms with Gasteiger partial charge in [0.15, 0.2) is 0 Å². The Balaban J connectivity index is 2.09. The number of aromatic nitrogens is 1. The van der Waals surface area contributed by atoms with E-state index in [4.69, 9.17) is 0 Å². The van der Waals surface area contributed by atoms with Crippen LogP contribution in [0.2, 0.25) is 0 Å². The second-order valence-electron chi connectivity index (χ2n) is 4.17. The summed E-state index contributed by atoms with van der Waals surface area (Å²) in [6.07, 6.45) is 1.70. The van der Waals surface area contributed by atoms with E-state index in [0.717, 1.165) is 22.0 Å². The highest BCUT2D eigenvalue weighted by molar-refractivity contribution is 7.92. The van der Waals surface area contributed by atoms with Gasteiger partial charge in [0, 0.05) is 16.8 Å². The zero-order valence-corrected chi connectivity index (χ0v) is 12.4. The third kappa shape index (κ3) is 3.53. The van der Waals surface area contributed by atoms with Crippen LogP contribution in [0, 0.1) is 6.92 Å². The summed E-state index contributed by atoms with van der Waals surface area (Å²) in [7, 11) is -5.29. The zero-order valence-electron chi connectivity index (χ0n) is 10.8. The number of nitrogens with zero attached hydrogens (tertiary/aromatic N) is 1. The van der Waals surface area contributed by atoms with Crippen LogP contribution in [-0.2, 0) is 16.4 Å². The van der Waals surface area contributed by atoms with Gasteiger partial charge in [-0.15, -0.1) is 11.3 Å². The van der Waals surface area contributed by atoms with Crippen molar-refractivity contribution in [3.8, 4) is 0 Å². The van der Waals surface area contributed by atoms with Gasteiger partial charge in [0.2, 0.25) is 0 Å². The molecule has 2 aromatic rings. The molecule has 4 nitrogen and oxygen atoms in total. The minimum atomic E-state index is -5.29. The summed E-state index contributed by atoms with van der Waals surface area (Å²) in [6.45, 7) is 2.34. The molecule has 0 aliphatic rings. The lowest BCUT2D eigenvalue weighted by atomic mass is 10.3. The number of hydrogen-bond acceptors (Lipinski definition) is 5. The van der Waals surface area contributed by atoms with Crippen LogP contribution in [-0.4, -0.2) is 18.9 Å². The maximum absolute atomic E-state index is 12.4. The van der Waals surface area contributed by atoms with Gasteiger partial charge in [-0.1, -0.05) is 0 Å². The number of alkyl halides is 3. The van der Waals surface area contributed by atoms with Gasteiger partial charge in [-0.3, -0.25) is 0 Å². The van der Waals surface area contributed by atoms with Crippen molar-refractivity contribution >= 4 is 26.9 Å². The minimum Gasteiger partial charge on any atom is -0.380 e. The summed E-state index contributed by atoms with van der Waals surface area (Å²) in [4.78, 5) is 4.28. The SMILES string of the molecule is Cc1ncc(CNc2ccc(S(=O)(=O)C(F)(F)F)cc2)s1. The Morgan fingerprint density at radius 1 is 1.24 bits per heavy atom.